The zero-order valence-electron chi connectivity index (χ0n) is 28.7. The number of unbranched alkanes of at least 4 members (excludes halogenated alkanes) is 2. The summed E-state index contributed by atoms with van der Waals surface area (Å²) in [5.74, 6) is -4.44. The molecule has 0 bridgehead atoms. The van der Waals surface area contributed by atoms with Crippen molar-refractivity contribution < 1.29 is 42.6 Å². The van der Waals surface area contributed by atoms with Gasteiger partial charge in [0.15, 0.2) is 5.96 Å². The zero-order chi connectivity index (χ0) is 38.5. The number of hydrogen-bond acceptors (Lipinski definition) is 5. The van der Waals surface area contributed by atoms with Gasteiger partial charge in [0, 0.05) is 6.54 Å². The van der Waals surface area contributed by atoms with Gasteiger partial charge in [0.2, 0.25) is 0 Å². The van der Waals surface area contributed by atoms with Crippen molar-refractivity contribution in [3.8, 4) is 0 Å². The summed E-state index contributed by atoms with van der Waals surface area (Å²) in [5.41, 5.74) is 14.8. The molecule has 0 aliphatic carbocycles. The maximum absolute atomic E-state index is 14.9. The maximum atomic E-state index is 14.9. The van der Waals surface area contributed by atoms with Crippen LogP contribution in [0.3, 0.4) is 0 Å². The molecule has 4 aromatic carbocycles. The van der Waals surface area contributed by atoms with E-state index in [1.807, 2.05) is 97.1 Å². The Labute approximate surface area is 304 Å². The number of carboxylic acids is 2. The SMILES string of the molecule is NC(N)=NCCCCCc1ccc2c(c1)C(=O)N(C(CC(=O)O)c1ccccc1)C(c1ccccc1)C(=O)N2Cc1ccccc1.O=C(O)C(F)(F)F. The van der Waals surface area contributed by atoms with Gasteiger partial charge in [-0.2, -0.15) is 13.2 Å². The second-order valence-electron chi connectivity index (χ2n) is 12.2. The highest BCUT2D eigenvalue weighted by Gasteiger charge is 2.44. The highest BCUT2D eigenvalue weighted by molar-refractivity contribution is 6.11. The molecule has 278 valence electrons. The van der Waals surface area contributed by atoms with Gasteiger partial charge in [-0.15, -0.1) is 0 Å². The summed E-state index contributed by atoms with van der Waals surface area (Å²) in [6.45, 7) is 0.804. The van der Waals surface area contributed by atoms with E-state index in [2.05, 4.69) is 4.99 Å². The smallest absolute Gasteiger partial charge is 0.481 e. The van der Waals surface area contributed by atoms with Crippen LogP contribution >= 0.6 is 0 Å². The number of benzene rings is 4. The van der Waals surface area contributed by atoms with Crippen LogP contribution in [0.15, 0.2) is 114 Å². The Kier molecular flexibility index (Phi) is 13.7. The molecule has 14 heteroatoms. The van der Waals surface area contributed by atoms with Gasteiger partial charge in [-0.25, -0.2) is 4.79 Å². The number of carbonyl (C=O) groups excluding carboxylic acids is 2. The fourth-order valence-electron chi connectivity index (χ4n) is 6.02. The van der Waals surface area contributed by atoms with E-state index in [9.17, 15) is 32.7 Å². The summed E-state index contributed by atoms with van der Waals surface area (Å²) < 4.78 is 31.7. The van der Waals surface area contributed by atoms with Crippen molar-refractivity contribution in [1.29, 1.82) is 0 Å². The predicted octanol–water partition coefficient (Wildman–Crippen LogP) is 6.25. The molecule has 0 saturated carbocycles. The number of nitrogens with zero attached hydrogens (tertiary/aromatic N) is 3. The standard InChI is InChI=1S/C37H39N5O4.C2HF3O2/c38-37(39)40-22-12-4-7-13-26-20-21-31-30(23-26)35(45)42(32(24-33(43)44)28-16-8-2-9-17-28)34(29-18-10-3-11-19-29)36(46)41(31)25-27-14-5-1-6-15-27;3-2(4,5)1(6)7/h1-3,5-6,8-11,14-21,23,32,34H,4,7,12-13,22,24-25H2,(H,43,44)(H4,38,39,40);(H,6,7). The number of aryl methyl sites for hydroxylation is 1. The van der Waals surface area contributed by atoms with Crippen molar-refractivity contribution in [2.45, 2.75) is 56.9 Å². The molecule has 6 N–H and O–H groups in total. The number of nitrogens with two attached hydrogens (primary N) is 2. The summed E-state index contributed by atoms with van der Waals surface area (Å²) in [6.07, 6.45) is -2.13. The maximum Gasteiger partial charge on any atom is 0.490 e. The Bertz CT molecular complexity index is 1890. The van der Waals surface area contributed by atoms with Crippen LogP contribution in [0.5, 0.6) is 0 Å². The lowest BCUT2D eigenvalue weighted by Crippen LogP contribution is -2.44. The molecule has 11 nitrogen and oxygen atoms in total. The first-order valence-corrected chi connectivity index (χ1v) is 16.8. The second kappa shape index (κ2) is 18.4. The lowest BCUT2D eigenvalue weighted by Gasteiger charge is -2.37. The average molecular weight is 732 g/mol. The van der Waals surface area contributed by atoms with Gasteiger partial charge < -0.3 is 31.5 Å². The number of guanidine groups is 1. The average Bonchev–Trinajstić information content (AvgIpc) is 3.21. The third kappa shape index (κ3) is 10.9. The summed E-state index contributed by atoms with van der Waals surface area (Å²) in [5, 5.41) is 17.2. The monoisotopic (exact) mass is 731 g/mol. The van der Waals surface area contributed by atoms with E-state index in [0.717, 1.165) is 30.4 Å². The summed E-state index contributed by atoms with van der Waals surface area (Å²) in [4.78, 5) is 58.2. The van der Waals surface area contributed by atoms with E-state index in [1.54, 1.807) is 17.0 Å². The van der Waals surface area contributed by atoms with Crippen LogP contribution in [0.4, 0.5) is 18.9 Å². The lowest BCUT2D eigenvalue weighted by molar-refractivity contribution is -0.192. The number of fused-ring (bicyclic) bond motifs is 1. The number of carboxylic acid groups (broad SMARTS) is 2. The lowest BCUT2D eigenvalue weighted by atomic mass is 9.95. The molecule has 2 amide bonds. The Morgan fingerprint density at radius 3 is 1.94 bits per heavy atom. The van der Waals surface area contributed by atoms with Crippen LogP contribution in [-0.4, -0.2) is 57.5 Å². The third-order valence-corrected chi connectivity index (χ3v) is 8.44. The second-order valence-corrected chi connectivity index (χ2v) is 12.2. The molecule has 5 rings (SSSR count). The first-order valence-electron chi connectivity index (χ1n) is 16.8. The first-order chi connectivity index (χ1) is 25.3. The van der Waals surface area contributed by atoms with Crippen molar-refractivity contribution in [2.75, 3.05) is 11.4 Å². The van der Waals surface area contributed by atoms with Crippen molar-refractivity contribution in [3.63, 3.8) is 0 Å². The van der Waals surface area contributed by atoms with Gasteiger partial charge in [0.1, 0.15) is 6.04 Å². The van der Waals surface area contributed by atoms with Gasteiger partial charge in [0.25, 0.3) is 11.8 Å². The van der Waals surface area contributed by atoms with Crippen molar-refractivity contribution in [3.05, 3.63) is 137 Å². The van der Waals surface area contributed by atoms with Crippen LogP contribution in [-0.2, 0) is 27.3 Å². The Hall–Kier alpha value is -6.18. The van der Waals surface area contributed by atoms with E-state index < -0.39 is 36.1 Å². The normalized spacial score (nSPS) is 14.7. The van der Waals surface area contributed by atoms with Crippen LogP contribution in [0.1, 0.15) is 70.4 Å². The fraction of sp³-hybridized carbons (Fsp3) is 0.256. The van der Waals surface area contributed by atoms with Gasteiger partial charge in [-0.05, 0) is 53.6 Å². The van der Waals surface area contributed by atoms with Crippen LogP contribution in [0.2, 0.25) is 0 Å². The molecule has 1 aliphatic heterocycles. The molecular formula is C39H40F3N5O6. The molecule has 1 aliphatic rings. The molecule has 2 atom stereocenters. The van der Waals surface area contributed by atoms with Crippen molar-refractivity contribution >= 4 is 35.4 Å². The minimum atomic E-state index is -5.08. The molecule has 53 heavy (non-hydrogen) atoms. The highest BCUT2D eigenvalue weighted by Crippen LogP contribution is 2.42. The Balaban J connectivity index is 0.000000815. The molecule has 2 unspecified atom stereocenters. The number of hydrogen-bond donors (Lipinski definition) is 4. The number of halogens is 3. The van der Waals surface area contributed by atoms with Crippen LogP contribution in [0.25, 0.3) is 0 Å². The van der Waals surface area contributed by atoms with E-state index >= 15 is 0 Å². The minimum Gasteiger partial charge on any atom is -0.481 e. The fourth-order valence-corrected chi connectivity index (χ4v) is 6.02. The highest BCUT2D eigenvalue weighted by atomic mass is 19.4. The number of aliphatic carboxylic acids is 2. The first kappa shape index (κ1) is 39.6. The molecule has 0 saturated heterocycles. The minimum absolute atomic E-state index is 0.0777. The molecule has 4 aromatic rings. The number of alkyl halides is 3. The van der Waals surface area contributed by atoms with Gasteiger partial charge in [-0.1, -0.05) is 103 Å². The van der Waals surface area contributed by atoms with E-state index in [1.165, 1.54) is 4.90 Å². The number of rotatable bonds is 13. The van der Waals surface area contributed by atoms with E-state index in [4.69, 9.17) is 21.4 Å². The Morgan fingerprint density at radius 2 is 1.38 bits per heavy atom. The largest absolute Gasteiger partial charge is 0.490 e. The molecule has 0 aromatic heterocycles. The van der Waals surface area contributed by atoms with Crippen LogP contribution in [0, 0.1) is 0 Å². The molecule has 0 spiro atoms. The number of amides is 2. The molecular weight excluding hydrogens is 691 g/mol. The topological polar surface area (TPSA) is 180 Å². The predicted molar refractivity (Wildman–Crippen MR) is 193 cm³/mol. The van der Waals surface area contributed by atoms with Gasteiger partial charge in [-0.3, -0.25) is 19.4 Å². The summed E-state index contributed by atoms with van der Waals surface area (Å²) in [6, 6.07) is 31.6. The van der Waals surface area contributed by atoms with Crippen molar-refractivity contribution in [2.24, 2.45) is 16.5 Å². The zero-order valence-corrected chi connectivity index (χ0v) is 28.7. The molecule has 1 heterocycles. The number of anilines is 1. The third-order valence-electron chi connectivity index (χ3n) is 8.44. The van der Waals surface area contributed by atoms with Gasteiger partial charge in [0.05, 0.1) is 30.3 Å². The number of aliphatic imine (C=N–C) groups is 1. The Morgan fingerprint density at radius 1 is 0.792 bits per heavy atom. The van der Waals surface area contributed by atoms with Crippen LogP contribution < -0.4 is 16.4 Å². The molecule has 0 radical (unpaired) electrons. The summed E-state index contributed by atoms with van der Waals surface area (Å²) >= 11 is 0. The van der Waals surface area contributed by atoms with E-state index in [-0.39, 0.29) is 24.8 Å². The van der Waals surface area contributed by atoms with E-state index in [0.29, 0.717) is 35.3 Å². The molecule has 0 fully saturated rings. The quantitative estimate of drug-likeness (QED) is 0.0708. The summed E-state index contributed by atoms with van der Waals surface area (Å²) in [7, 11) is 0. The number of carbonyl (C=O) groups is 4. The van der Waals surface area contributed by atoms with Crippen molar-refractivity contribution in [1.82, 2.24) is 4.90 Å². The van der Waals surface area contributed by atoms with Gasteiger partial charge >= 0.3 is 18.1 Å².